The molecular formula is C26H37NO2. The van der Waals surface area contributed by atoms with E-state index in [4.69, 9.17) is 4.74 Å². The van der Waals surface area contributed by atoms with Gasteiger partial charge in [-0.3, -0.25) is 4.79 Å². The zero-order valence-corrected chi connectivity index (χ0v) is 18.5. The molecule has 3 nitrogen and oxygen atoms in total. The standard InChI is InChI=1S/C26H37NO2/c1-16-5-7-18(8-6-16)29-19-14-21-24-17(2)13-22-26(4,12-10-23(28)27-22)20(24)9-11-25(21,3)15-19/h5-8,17,19-22,24H,9-15H2,1-4H3,(H,27,28)/t17-,19-,20-,21-,22+,24+,25+,26+/m0/s1. The van der Waals surface area contributed by atoms with Crippen molar-refractivity contribution in [3.63, 3.8) is 0 Å². The van der Waals surface area contributed by atoms with E-state index < -0.39 is 0 Å². The Bertz CT molecular complexity index is 788. The zero-order chi connectivity index (χ0) is 20.4. The molecule has 0 spiro atoms. The quantitative estimate of drug-likeness (QED) is 0.717. The monoisotopic (exact) mass is 395 g/mol. The molecule has 1 saturated heterocycles. The van der Waals surface area contributed by atoms with Crippen molar-refractivity contribution < 1.29 is 9.53 Å². The summed E-state index contributed by atoms with van der Waals surface area (Å²) in [4.78, 5) is 12.1. The van der Waals surface area contributed by atoms with Gasteiger partial charge in [0.05, 0.1) is 6.10 Å². The summed E-state index contributed by atoms with van der Waals surface area (Å²) < 4.78 is 6.49. The van der Waals surface area contributed by atoms with Crippen LogP contribution in [0.25, 0.3) is 0 Å². The van der Waals surface area contributed by atoms with E-state index in [0.717, 1.165) is 36.3 Å². The first-order valence-electron chi connectivity index (χ1n) is 11.8. The molecule has 8 atom stereocenters. The molecule has 1 heterocycles. The minimum atomic E-state index is 0.270. The third kappa shape index (κ3) is 3.11. The lowest BCUT2D eigenvalue weighted by molar-refractivity contribution is -0.141. The molecule has 3 heteroatoms. The van der Waals surface area contributed by atoms with Crippen LogP contribution in [0.2, 0.25) is 0 Å². The number of piperidine rings is 1. The Morgan fingerprint density at radius 3 is 2.59 bits per heavy atom. The SMILES string of the molecule is Cc1ccc(O[C@H]2C[C@H]3[C@@H]4[C@@H](C)C[C@H]5NC(=O)CC[C@]5(C)[C@H]4CC[C@]3(C)C2)cc1. The van der Waals surface area contributed by atoms with E-state index in [1.54, 1.807) is 0 Å². The van der Waals surface area contributed by atoms with Crippen LogP contribution in [0, 0.1) is 41.4 Å². The molecule has 158 valence electrons. The van der Waals surface area contributed by atoms with Crippen molar-refractivity contribution in [1.82, 2.24) is 5.32 Å². The number of hydrogen-bond donors (Lipinski definition) is 1. The number of carbonyl (C=O) groups excluding carboxylic acids is 1. The first-order chi connectivity index (χ1) is 13.8. The Morgan fingerprint density at radius 1 is 1.07 bits per heavy atom. The zero-order valence-electron chi connectivity index (χ0n) is 18.5. The van der Waals surface area contributed by atoms with Gasteiger partial charge in [-0.05, 0) is 92.1 Å². The lowest BCUT2D eigenvalue weighted by atomic mass is 9.45. The molecule has 0 bridgehead atoms. The van der Waals surface area contributed by atoms with Crippen LogP contribution < -0.4 is 10.1 Å². The highest BCUT2D eigenvalue weighted by Gasteiger charge is 2.61. The van der Waals surface area contributed by atoms with Gasteiger partial charge in [-0.2, -0.15) is 0 Å². The van der Waals surface area contributed by atoms with Crippen molar-refractivity contribution in [1.29, 1.82) is 0 Å². The number of amides is 1. The smallest absolute Gasteiger partial charge is 0.220 e. The maximum Gasteiger partial charge on any atom is 0.220 e. The molecule has 0 unspecified atom stereocenters. The molecule has 1 N–H and O–H groups in total. The summed E-state index contributed by atoms with van der Waals surface area (Å²) in [6.07, 6.45) is 8.31. The van der Waals surface area contributed by atoms with Crippen molar-refractivity contribution in [2.45, 2.75) is 84.8 Å². The minimum Gasteiger partial charge on any atom is -0.490 e. The second-order valence-corrected chi connectivity index (χ2v) is 11.3. The minimum absolute atomic E-state index is 0.270. The number of aryl methyl sites for hydroxylation is 1. The van der Waals surface area contributed by atoms with E-state index in [1.807, 2.05) is 0 Å². The van der Waals surface area contributed by atoms with Gasteiger partial charge in [-0.15, -0.1) is 0 Å². The molecule has 1 aromatic rings. The number of fused-ring (bicyclic) bond motifs is 5. The van der Waals surface area contributed by atoms with Gasteiger partial charge in [0.1, 0.15) is 5.75 Å². The molecule has 3 saturated carbocycles. The first kappa shape index (κ1) is 19.5. The second-order valence-electron chi connectivity index (χ2n) is 11.3. The van der Waals surface area contributed by atoms with Crippen LogP contribution in [0.4, 0.5) is 0 Å². The van der Waals surface area contributed by atoms with Crippen LogP contribution in [0.15, 0.2) is 24.3 Å². The largest absolute Gasteiger partial charge is 0.490 e. The second kappa shape index (κ2) is 6.75. The van der Waals surface area contributed by atoms with E-state index in [2.05, 4.69) is 57.3 Å². The lowest BCUT2D eigenvalue weighted by Crippen LogP contribution is -2.62. The van der Waals surface area contributed by atoms with Crippen LogP contribution in [-0.2, 0) is 4.79 Å². The number of hydrogen-bond acceptors (Lipinski definition) is 2. The fourth-order valence-corrected chi connectivity index (χ4v) is 7.94. The summed E-state index contributed by atoms with van der Waals surface area (Å²) in [5, 5.41) is 3.37. The van der Waals surface area contributed by atoms with Gasteiger partial charge in [0.25, 0.3) is 0 Å². The highest BCUT2D eigenvalue weighted by molar-refractivity contribution is 5.77. The lowest BCUT2D eigenvalue weighted by Gasteiger charge is -2.61. The Labute approximate surface area is 176 Å². The maximum atomic E-state index is 12.1. The van der Waals surface area contributed by atoms with E-state index in [9.17, 15) is 4.79 Å². The highest BCUT2D eigenvalue weighted by atomic mass is 16.5. The number of rotatable bonds is 2. The van der Waals surface area contributed by atoms with Crippen LogP contribution >= 0.6 is 0 Å². The van der Waals surface area contributed by atoms with Crippen LogP contribution in [0.1, 0.15) is 71.3 Å². The Hall–Kier alpha value is -1.51. The Morgan fingerprint density at radius 2 is 1.83 bits per heavy atom. The van der Waals surface area contributed by atoms with Crippen molar-refractivity contribution >= 4 is 5.91 Å². The third-order valence-corrected chi connectivity index (χ3v) is 9.52. The molecule has 1 aromatic carbocycles. The normalized spacial score (nSPS) is 46.3. The summed E-state index contributed by atoms with van der Waals surface area (Å²) in [5.74, 6) is 4.25. The molecule has 0 aromatic heterocycles. The van der Waals surface area contributed by atoms with E-state index >= 15 is 0 Å². The van der Waals surface area contributed by atoms with Crippen molar-refractivity contribution in [3.8, 4) is 5.75 Å². The molecule has 0 radical (unpaired) electrons. The van der Waals surface area contributed by atoms with Gasteiger partial charge < -0.3 is 10.1 Å². The molecule has 29 heavy (non-hydrogen) atoms. The van der Waals surface area contributed by atoms with Crippen LogP contribution in [-0.4, -0.2) is 18.1 Å². The third-order valence-electron chi connectivity index (χ3n) is 9.52. The average Bonchev–Trinajstić information content (AvgIpc) is 3.01. The first-order valence-corrected chi connectivity index (χ1v) is 11.8. The summed E-state index contributed by atoms with van der Waals surface area (Å²) in [5.41, 5.74) is 1.97. The van der Waals surface area contributed by atoms with Crippen LogP contribution in [0.3, 0.4) is 0 Å². The molecule has 4 aliphatic rings. The number of carbonyl (C=O) groups is 1. The molecule has 1 aliphatic heterocycles. The van der Waals surface area contributed by atoms with Gasteiger partial charge in [-0.1, -0.05) is 38.5 Å². The van der Waals surface area contributed by atoms with Crippen molar-refractivity contribution in [2.24, 2.45) is 34.5 Å². The van der Waals surface area contributed by atoms with E-state index in [1.165, 1.54) is 31.2 Å². The number of benzene rings is 1. The summed E-state index contributed by atoms with van der Waals surface area (Å²) in [6.45, 7) is 9.60. The highest BCUT2D eigenvalue weighted by Crippen LogP contribution is 2.65. The predicted molar refractivity (Wildman–Crippen MR) is 116 cm³/mol. The summed E-state index contributed by atoms with van der Waals surface area (Å²) in [6, 6.07) is 8.93. The van der Waals surface area contributed by atoms with Gasteiger partial charge in [-0.25, -0.2) is 0 Å². The molecule has 3 aliphatic carbocycles. The average molecular weight is 396 g/mol. The molecule has 5 rings (SSSR count). The molecule has 1 amide bonds. The molecular weight excluding hydrogens is 358 g/mol. The Kier molecular flexibility index (Phi) is 4.53. The van der Waals surface area contributed by atoms with Gasteiger partial charge in [0.2, 0.25) is 5.91 Å². The maximum absolute atomic E-state index is 12.1. The molecule has 4 fully saturated rings. The topological polar surface area (TPSA) is 38.3 Å². The predicted octanol–water partition coefficient (Wildman–Crippen LogP) is 5.51. The Balaban J connectivity index is 1.38. The summed E-state index contributed by atoms with van der Waals surface area (Å²) >= 11 is 0. The fourth-order valence-electron chi connectivity index (χ4n) is 7.94. The van der Waals surface area contributed by atoms with Gasteiger partial charge >= 0.3 is 0 Å². The fraction of sp³-hybridized carbons (Fsp3) is 0.731. The van der Waals surface area contributed by atoms with Crippen molar-refractivity contribution in [3.05, 3.63) is 29.8 Å². The number of ether oxygens (including phenoxy) is 1. The van der Waals surface area contributed by atoms with Gasteiger partial charge in [0, 0.05) is 12.5 Å². The van der Waals surface area contributed by atoms with Crippen LogP contribution in [0.5, 0.6) is 5.75 Å². The van der Waals surface area contributed by atoms with E-state index in [-0.39, 0.29) is 11.3 Å². The summed E-state index contributed by atoms with van der Waals surface area (Å²) in [7, 11) is 0. The number of nitrogens with one attached hydrogen (secondary N) is 1. The van der Waals surface area contributed by atoms with Gasteiger partial charge in [0.15, 0.2) is 0 Å². The van der Waals surface area contributed by atoms with Crippen molar-refractivity contribution in [2.75, 3.05) is 0 Å². The van der Waals surface area contributed by atoms with E-state index in [0.29, 0.717) is 29.9 Å².